The van der Waals surface area contributed by atoms with Gasteiger partial charge < -0.3 is 20.7 Å². The first kappa shape index (κ1) is 14.5. The van der Waals surface area contributed by atoms with E-state index in [0.717, 1.165) is 22.6 Å². The molecule has 1 aromatic carbocycles. The van der Waals surface area contributed by atoms with E-state index in [1.807, 2.05) is 26.0 Å². The van der Waals surface area contributed by atoms with Crippen LogP contribution in [-0.2, 0) is 14.9 Å². The van der Waals surface area contributed by atoms with Crippen LogP contribution in [-0.4, -0.2) is 34.4 Å². The molecule has 0 fully saturated rings. The maximum Gasteiger partial charge on any atom is 0.360 e. The summed E-state index contributed by atoms with van der Waals surface area (Å²) in [5, 5.41) is 19.7. The summed E-state index contributed by atoms with van der Waals surface area (Å²) in [5.41, 5.74) is 3.31. The average molecular weight is 328 g/mol. The number of fused-ring (bicyclic) bond motifs is 2. The summed E-state index contributed by atoms with van der Waals surface area (Å²) in [7, 11) is 1.29. The predicted octanol–water partition coefficient (Wildman–Crippen LogP) is 1.36. The van der Waals surface area contributed by atoms with Crippen LogP contribution in [0.1, 0.15) is 41.8 Å². The van der Waals surface area contributed by atoms with Gasteiger partial charge in [0.1, 0.15) is 11.9 Å². The highest BCUT2D eigenvalue weighted by atomic mass is 16.5. The van der Waals surface area contributed by atoms with Gasteiger partial charge in [-0.15, -0.1) is 5.10 Å². The number of H-pyrrole nitrogens is 1. The van der Waals surface area contributed by atoms with E-state index >= 15 is 0 Å². The van der Waals surface area contributed by atoms with Crippen LogP contribution in [0, 0.1) is 0 Å². The lowest BCUT2D eigenvalue weighted by Crippen LogP contribution is -2.26. The fraction of sp³-hybridized carbons (Fsp3) is 0.333. The Bertz CT molecular complexity index is 872. The summed E-state index contributed by atoms with van der Waals surface area (Å²) in [6, 6.07) is 3.82. The summed E-state index contributed by atoms with van der Waals surface area (Å²) < 4.78 is 4.71. The number of carbonyl (C=O) groups excluding carboxylic acids is 2. The van der Waals surface area contributed by atoms with E-state index in [9.17, 15) is 9.59 Å². The summed E-state index contributed by atoms with van der Waals surface area (Å²) in [4.78, 5) is 23.8. The molecule has 4 rings (SSSR count). The smallest absolute Gasteiger partial charge is 0.360 e. The second-order valence-corrected chi connectivity index (χ2v) is 6.29. The number of nitrogens with one attached hydrogen (secondary N) is 4. The minimum atomic E-state index is -0.588. The third-order valence-corrected chi connectivity index (χ3v) is 4.47. The molecule has 1 aromatic heterocycles. The third-order valence-electron chi connectivity index (χ3n) is 4.47. The Balaban J connectivity index is 1.69. The number of aromatic nitrogens is 3. The monoisotopic (exact) mass is 328 g/mol. The highest BCUT2D eigenvalue weighted by Gasteiger charge is 2.40. The van der Waals surface area contributed by atoms with Crippen molar-refractivity contribution in [3.8, 4) is 0 Å². The lowest BCUT2D eigenvalue weighted by molar-refractivity contribution is -0.119. The molecular formula is C15H16N6O3. The number of hydrogen-bond donors (Lipinski definition) is 4. The van der Waals surface area contributed by atoms with Crippen molar-refractivity contribution in [2.75, 3.05) is 23.1 Å². The molecule has 2 aromatic rings. The van der Waals surface area contributed by atoms with Gasteiger partial charge in [-0.05, 0) is 31.5 Å². The van der Waals surface area contributed by atoms with E-state index in [1.54, 1.807) is 0 Å². The molecule has 0 spiro atoms. The number of nitrogens with zero attached hydrogens (tertiary/aromatic N) is 2. The molecule has 2 aliphatic rings. The van der Waals surface area contributed by atoms with Crippen molar-refractivity contribution in [3.63, 3.8) is 0 Å². The van der Waals surface area contributed by atoms with Crippen molar-refractivity contribution in [3.05, 3.63) is 29.1 Å². The predicted molar refractivity (Wildman–Crippen MR) is 85.8 cm³/mol. The zero-order valence-electron chi connectivity index (χ0n) is 13.4. The molecule has 4 N–H and O–H groups in total. The molecule has 0 radical (unpaired) electrons. The van der Waals surface area contributed by atoms with Crippen LogP contribution in [0.5, 0.6) is 0 Å². The third kappa shape index (κ3) is 1.87. The number of amides is 1. The van der Waals surface area contributed by atoms with Crippen LogP contribution in [0.15, 0.2) is 12.1 Å². The van der Waals surface area contributed by atoms with Crippen molar-refractivity contribution in [1.82, 2.24) is 15.4 Å². The second-order valence-electron chi connectivity index (χ2n) is 6.29. The number of esters is 1. The van der Waals surface area contributed by atoms with E-state index in [-0.39, 0.29) is 11.6 Å². The number of methoxy groups -OCH3 is 1. The number of benzene rings is 1. The van der Waals surface area contributed by atoms with Crippen LogP contribution in [0.4, 0.5) is 17.1 Å². The first-order valence-electron chi connectivity index (χ1n) is 7.44. The first-order valence-corrected chi connectivity index (χ1v) is 7.44. The van der Waals surface area contributed by atoms with Gasteiger partial charge in [0.25, 0.3) is 0 Å². The summed E-state index contributed by atoms with van der Waals surface area (Å²) in [5.74, 6) is -0.587. The maximum atomic E-state index is 12.1. The molecule has 3 heterocycles. The molecule has 9 nitrogen and oxygen atoms in total. The molecule has 1 amide bonds. The topological polar surface area (TPSA) is 121 Å². The number of rotatable bonds is 2. The first-order chi connectivity index (χ1) is 11.4. The van der Waals surface area contributed by atoms with E-state index in [4.69, 9.17) is 4.74 Å². The highest BCUT2D eigenvalue weighted by Crippen LogP contribution is 2.45. The zero-order valence-corrected chi connectivity index (χ0v) is 13.4. The Morgan fingerprint density at radius 1 is 1.17 bits per heavy atom. The Morgan fingerprint density at radius 3 is 2.58 bits per heavy atom. The Kier molecular flexibility index (Phi) is 2.84. The van der Waals surface area contributed by atoms with E-state index in [0.29, 0.717) is 5.69 Å². The van der Waals surface area contributed by atoms with Crippen molar-refractivity contribution >= 4 is 28.9 Å². The van der Waals surface area contributed by atoms with Crippen LogP contribution in [0.2, 0.25) is 0 Å². The van der Waals surface area contributed by atoms with Gasteiger partial charge in [-0.25, -0.2) is 4.79 Å². The molecular weight excluding hydrogens is 312 g/mol. The quantitative estimate of drug-likeness (QED) is 0.614. The van der Waals surface area contributed by atoms with Gasteiger partial charge in [0.05, 0.1) is 23.9 Å². The molecule has 0 aliphatic carbocycles. The number of carbonyl (C=O) groups is 2. The summed E-state index contributed by atoms with van der Waals surface area (Å²) in [6.45, 7) is 3.76. The highest BCUT2D eigenvalue weighted by molar-refractivity contribution is 6.07. The molecule has 0 saturated carbocycles. The lowest BCUT2D eigenvalue weighted by atomic mass is 9.86. The minimum absolute atomic E-state index is 0.0257. The Morgan fingerprint density at radius 2 is 1.88 bits per heavy atom. The molecule has 0 bridgehead atoms. The number of aromatic amines is 1. The fourth-order valence-corrected chi connectivity index (χ4v) is 3.03. The molecule has 24 heavy (non-hydrogen) atoms. The lowest BCUT2D eigenvalue weighted by Gasteiger charge is -2.15. The van der Waals surface area contributed by atoms with Crippen molar-refractivity contribution in [1.29, 1.82) is 0 Å². The molecule has 0 saturated heterocycles. The standard InChI is InChI=1S/C15H16N6O3/c1-15(2)6-4-8-9(5-7(6)18-14(15)23)17-12(16-8)10-11(13(22)24-3)20-21-19-10/h4-5,12,16-17H,1-3H3,(H,18,23)(H,19,20,21). The SMILES string of the molecule is COC(=O)c1n[nH]nc1C1Nc2cc3c(cc2N1)C(C)(C)C(=O)N3. The number of anilines is 3. The zero-order chi connectivity index (χ0) is 17.1. The van der Waals surface area contributed by atoms with Crippen LogP contribution >= 0.6 is 0 Å². The van der Waals surface area contributed by atoms with Crippen molar-refractivity contribution < 1.29 is 14.3 Å². The van der Waals surface area contributed by atoms with Crippen LogP contribution < -0.4 is 16.0 Å². The summed E-state index contributed by atoms with van der Waals surface area (Å²) in [6.07, 6.45) is -0.422. The van der Waals surface area contributed by atoms with Gasteiger partial charge in [0.15, 0.2) is 5.69 Å². The molecule has 2 aliphatic heterocycles. The van der Waals surface area contributed by atoms with Gasteiger partial charge in [0.2, 0.25) is 5.91 Å². The minimum Gasteiger partial charge on any atom is -0.464 e. The average Bonchev–Trinajstić information content (AvgIpc) is 3.22. The van der Waals surface area contributed by atoms with Gasteiger partial charge in [-0.3, -0.25) is 4.79 Å². The fourth-order valence-electron chi connectivity index (χ4n) is 3.03. The van der Waals surface area contributed by atoms with Crippen molar-refractivity contribution in [2.45, 2.75) is 25.4 Å². The van der Waals surface area contributed by atoms with Gasteiger partial charge in [-0.2, -0.15) is 10.3 Å². The van der Waals surface area contributed by atoms with E-state index in [2.05, 4.69) is 31.4 Å². The second kappa shape index (κ2) is 4.70. The molecule has 124 valence electrons. The van der Waals surface area contributed by atoms with Crippen LogP contribution in [0.25, 0.3) is 0 Å². The normalized spacial score (nSPS) is 19.8. The van der Waals surface area contributed by atoms with Gasteiger partial charge in [-0.1, -0.05) is 0 Å². The largest absolute Gasteiger partial charge is 0.464 e. The molecule has 1 unspecified atom stereocenters. The summed E-state index contributed by atoms with van der Waals surface area (Å²) >= 11 is 0. The molecule has 1 atom stereocenters. The Labute approximate surface area is 137 Å². The van der Waals surface area contributed by atoms with Gasteiger partial charge >= 0.3 is 5.97 Å². The van der Waals surface area contributed by atoms with E-state index < -0.39 is 17.6 Å². The van der Waals surface area contributed by atoms with E-state index in [1.165, 1.54) is 7.11 Å². The molecule has 9 heteroatoms. The number of hydrogen-bond acceptors (Lipinski definition) is 7. The maximum absolute atomic E-state index is 12.1. The van der Waals surface area contributed by atoms with Crippen LogP contribution in [0.3, 0.4) is 0 Å². The number of ether oxygens (including phenoxy) is 1. The van der Waals surface area contributed by atoms with Gasteiger partial charge in [0, 0.05) is 5.69 Å². The van der Waals surface area contributed by atoms with Crippen molar-refractivity contribution in [2.24, 2.45) is 0 Å². The Hall–Kier alpha value is -3.10.